The number of halogens is 2. The van der Waals surface area contributed by atoms with Gasteiger partial charge in [-0.25, -0.2) is 13.1 Å². The Balaban J connectivity index is 2.02. The highest BCUT2D eigenvalue weighted by atomic mass is 35.5. The van der Waals surface area contributed by atoms with Gasteiger partial charge in [-0.3, -0.25) is 4.79 Å². The van der Waals surface area contributed by atoms with E-state index in [0.717, 1.165) is 22.8 Å². The van der Waals surface area contributed by atoms with E-state index in [9.17, 15) is 13.2 Å². The number of aromatic nitrogens is 1. The molecule has 8 heteroatoms. The van der Waals surface area contributed by atoms with Crippen molar-refractivity contribution in [2.45, 2.75) is 0 Å². The lowest BCUT2D eigenvalue weighted by Gasteiger charge is -2.08. The van der Waals surface area contributed by atoms with E-state index in [-0.39, 0.29) is 5.56 Å². The molecule has 1 amide bonds. The summed E-state index contributed by atoms with van der Waals surface area (Å²) in [7, 11) is -3.60. The summed E-state index contributed by atoms with van der Waals surface area (Å²) in [5.74, 6) is -0.665. The fourth-order valence-electron chi connectivity index (χ4n) is 2.37. The number of amides is 1. The lowest BCUT2D eigenvalue weighted by molar-refractivity contribution is 0.0982. The zero-order chi connectivity index (χ0) is 17.5. The molecule has 1 aromatic heterocycles. The Morgan fingerprint density at radius 1 is 1.04 bits per heavy atom. The first-order valence-corrected chi connectivity index (χ1v) is 9.48. The molecule has 0 aliphatic heterocycles. The molecule has 2 aromatic carbocycles. The summed E-state index contributed by atoms with van der Waals surface area (Å²) >= 11 is 12.0. The van der Waals surface area contributed by atoms with E-state index in [2.05, 4.69) is 0 Å². The van der Waals surface area contributed by atoms with Gasteiger partial charge in [0.1, 0.15) is 0 Å². The number of sulfonamides is 1. The highest BCUT2D eigenvalue weighted by Gasteiger charge is 2.13. The average Bonchev–Trinajstić information content (AvgIpc) is 2.91. The number of nitrogens with zero attached hydrogens (tertiary/aromatic N) is 1. The standard InChI is InChI=1S/C16H12Cl2N2O3S/c1-24(22,23)19-16(21)11-2-5-15-10(8-11)6-7-20(15)12-3-4-13(17)14(18)9-12/h2-9H,1H3,(H,19,21). The van der Waals surface area contributed by atoms with Gasteiger partial charge in [0.05, 0.1) is 21.8 Å². The van der Waals surface area contributed by atoms with Crippen molar-refractivity contribution in [1.82, 2.24) is 9.29 Å². The molecule has 0 atom stereocenters. The maximum atomic E-state index is 11.9. The molecule has 0 radical (unpaired) electrons. The van der Waals surface area contributed by atoms with E-state index in [1.54, 1.807) is 30.3 Å². The van der Waals surface area contributed by atoms with Crippen LogP contribution in [0.15, 0.2) is 48.7 Å². The second kappa shape index (κ2) is 6.12. The lowest BCUT2D eigenvalue weighted by Crippen LogP contribution is -2.29. The fourth-order valence-corrected chi connectivity index (χ4v) is 3.12. The molecule has 0 unspecified atom stereocenters. The highest BCUT2D eigenvalue weighted by molar-refractivity contribution is 7.89. The fraction of sp³-hybridized carbons (Fsp3) is 0.0625. The van der Waals surface area contributed by atoms with Crippen LogP contribution < -0.4 is 4.72 Å². The van der Waals surface area contributed by atoms with Gasteiger partial charge in [0.15, 0.2) is 0 Å². The number of nitrogens with one attached hydrogen (secondary N) is 1. The van der Waals surface area contributed by atoms with E-state index < -0.39 is 15.9 Å². The SMILES string of the molecule is CS(=O)(=O)NC(=O)c1ccc2c(ccn2-c2ccc(Cl)c(Cl)c2)c1. The summed E-state index contributed by atoms with van der Waals surface area (Å²) in [6.45, 7) is 0. The Hall–Kier alpha value is -2.02. The minimum absolute atomic E-state index is 0.264. The third-order valence-corrected chi connectivity index (χ3v) is 4.71. The van der Waals surface area contributed by atoms with Crippen molar-refractivity contribution in [3.63, 3.8) is 0 Å². The lowest BCUT2D eigenvalue weighted by atomic mass is 10.1. The second-order valence-corrected chi connectivity index (χ2v) is 7.82. The quantitative estimate of drug-likeness (QED) is 0.751. The Morgan fingerprint density at radius 2 is 1.79 bits per heavy atom. The van der Waals surface area contributed by atoms with Gasteiger partial charge in [0.2, 0.25) is 10.0 Å². The van der Waals surface area contributed by atoms with E-state index >= 15 is 0 Å². The summed E-state index contributed by atoms with van der Waals surface area (Å²) < 4.78 is 26.2. The molecule has 124 valence electrons. The number of hydrogen-bond acceptors (Lipinski definition) is 3. The van der Waals surface area contributed by atoms with E-state index in [1.165, 1.54) is 0 Å². The van der Waals surface area contributed by atoms with Crippen LogP contribution in [0, 0.1) is 0 Å². The summed E-state index contributed by atoms with van der Waals surface area (Å²) in [5, 5.41) is 1.71. The largest absolute Gasteiger partial charge is 0.317 e. The molecule has 24 heavy (non-hydrogen) atoms. The molecule has 0 saturated carbocycles. The predicted molar refractivity (Wildman–Crippen MR) is 95.6 cm³/mol. The Morgan fingerprint density at radius 3 is 2.46 bits per heavy atom. The third kappa shape index (κ3) is 3.40. The van der Waals surface area contributed by atoms with Crippen LogP contribution in [-0.2, 0) is 10.0 Å². The van der Waals surface area contributed by atoms with Crippen LogP contribution in [0.3, 0.4) is 0 Å². The van der Waals surface area contributed by atoms with Crippen LogP contribution in [0.1, 0.15) is 10.4 Å². The van der Waals surface area contributed by atoms with E-state index in [0.29, 0.717) is 10.0 Å². The van der Waals surface area contributed by atoms with Crippen molar-refractivity contribution < 1.29 is 13.2 Å². The van der Waals surface area contributed by atoms with Crippen LogP contribution in [0.2, 0.25) is 10.0 Å². The van der Waals surface area contributed by atoms with E-state index in [1.807, 2.05) is 27.6 Å². The summed E-state index contributed by atoms with van der Waals surface area (Å²) in [4.78, 5) is 11.9. The zero-order valence-corrected chi connectivity index (χ0v) is 14.8. The third-order valence-electron chi connectivity index (χ3n) is 3.41. The maximum absolute atomic E-state index is 11.9. The zero-order valence-electron chi connectivity index (χ0n) is 12.5. The van der Waals surface area contributed by atoms with Crippen LogP contribution in [-0.4, -0.2) is 25.1 Å². The first-order valence-electron chi connectivity index (χ1n) is 6.83. The molecule has 0 fully saturated rings. The van der Waals surface area contributed by atoms with Gasteiger partial charge in [-0.15, -0.1) is 0 Å². The summed E-state index contributed by atoms with van der Waals surface area (Å²) in [5.41, 5.74) is 1.94. The molecule has 3 rings (SSSR count). The number of benzene rings is 2. The Labute approximate surface area is 148 Å². The van der Waals surface area contributed by atoms with Crippen LogP contribution in [0.25, 0.3) is 16.6 Å². The minimum atomic E-state index is -3.60. The topological polar surface area (TPSA) is 68.2 Å². The summed E-state index contributed by atoms with van der Waals surface area (Å²) in [6.07, 6.45) is 2.77. The molecule has 3 aromatic rings. The highest BCUT2D eigenvalue weighted by Crippen LogP contribution is 2.27. The predicted octanol–water partition coefficient (Wildman–Crippen LogP) is 3.63. The molecule has 0 saturated heterocycles. The molecule has 0 aliphatic carbocycles. The number of carbonyl (C=O) groups is 1. The van der Waals surface area contributed by atoms with Crippen LogP contribution >= 0.6 is 23.2 Å². The van der Waals surface area contributed by atoms with Crippen molar-refractivity contribution in [3.05, 3.63) is 64.3 Å². The van der Waals surface area contributed by atoms with Crippen molar-refractivity contribution in [2.24, 2.45) is 0 Å². The van der Waals surface area contributed by atoms with Gasteiger partial charge in [-0.05, 0) is 42.5 Å². The van der Waals surface area contributed by atoms with Gasteiger partial charge < -0.3 is 4.57 Å². The van der Waals surface area contributed by atoms with Gasteiger partial charge >= 0.3 is 0 Å². The molecule has 1 N–H and O–H groups in total. The van der Waals surface area contributed by atoms with Gasteiger partial charge in [-0.1, -0.05) is 23.2 Å². The van der Waals surface area contributed by atoms with Crippen molar-refractivity contribution in [1.29, 1.82) is 0 Å². The number of fused-ring (bicyclic) bond motifs is 1. The molecular weight excluding hydrogens is 371 g/mol. The van der Waals surface area contributed by atoms with Crippen molar-refractivity contribution in [2.75, 3.05) is 6.26 Å². The minimum Gasteiger partial charge on any atom is -0.317 e. The van der Waals surface area contributed by atoms with E-state index in [4.69, 9.17) is 23.2 Å². The monoisotopic (exact) mass is 382 g/mol. The molecule has 0 bridgehead atoms. The number of hydrogen-bond donors (Lipinski definition) is 1. The van der Waals surface area contributed by atoms with Gasteiger partial charge in [-0.2, -0.15) is 0 Å². The van der Waals surface area contributed by atoms with Crippen molar-refractivity contribution in [3.8, 4) is 5.69 Å². The average molecular weight is 383 g/mol. The Kier molecular flexibility index (Phi) is 4.29. The molecule has 1 heterocycles. The smallest absolute Gasteiger partial charge is 0.264 e. The maximum Gasteiger partial charge on any atom is 0.264 e. The molecule has 0 spiro atoms. The van der Waals surface area contributed by atoms with Crippen molar-refractivity contribution >= 4 is 50.0 Å². The first kappa shape index (κ1) is 16.8. The summed E-state index contributed by atoms with van der Waals surface area (Å²) in [6, 6.07) is 12.1. The van der Waals surface area contributed by atoms with Gasteiger partial charge in [0, 0.05) is 22.8 Å². The van der Waals surface area contributed by atoms with Gasteiger partial charge in [0.25, 0.3) is 5.91 Å². The second-order valence-electron chi connectivity index (χ2n) is 5.26. The molecule has 0 aliphatic rings. The first-order chi connectivity index (χ1) is 11.2. The normalized spacial score (nSPS) is 11.6. The number of carbonyl (C=O) groups excluding carboxylic acids is 1. The van der Waals surface area contributed by atoms with Crippen LogP contribution in [0.4, 0.5) is 0 Å². The molecular formula is C16H12Cl2N2O3S. The number of rotatable bonds is 3. The Bertz CT molecular complexity index is 1060. The molecule has 5 nitrogen and oxygen atoms in total. The van der Waals surface area contributed by atoms with Crippen LogP contribution in [0.5, 0.6) is 0 Å².